The molecule has 6 nitrogen and oxygen atoms in total. The van der Waals surface area contributed by atoms with E-state index in [9.17, 15) is 13.2 Å². The Balaban J connectivity index is 1.57. The molecular weight excluding hydrogens is 374 g/mol. The summed E-state index contributed by atoms with van der Waals surface area (Å²) in [4.78, 5) is 14.9. The number of carbonyl (C=O) groups excluding carboxylic acids is 1. The molecule has 1 heterocycles. The standard InChI is InChI=1S/C21H27N3O3S/c1-16(2)23-28(26,27)20-11-7-18(8-12-20)21(25)22-15-17-5-9-19(10-6-17)24-13-3-4-14-24/h5-12,16,23H,3-4,13-15H2,1-2H3,(H,22,25). The molecule has 3 rings (SSSR count). The molecule has 2 aromatic carbocycles. The smallest absolute Gasteiger partial charge is 0.251 e. The van der Waals surface area contributed by atoms with Crippen LogP contribution >= 0.6 is 0 Å². The van der Waals surface area contributed by atoms with E-state index >= 15 is 0 Å². The summed E-state index contributed by atoms with van der Waals surface area (Å²) < 4.78 is 26.8. The quantitative estimate of drug-likeness (QED) is 0.748. The molecule has 0 spiro atoms. The summed E-state index contributed by atoms with van der Waals surface area (Å²) in [7, 11) is -3.55. The van der Waals surface area contributed by atoms with Crippen molar-refractivity contribution in [2.45, 2.75) is 44.2 Å². The zero-order valence-corrected chi connectivity index (χ0v) is 17.1. The van der Waals surface area contributed by atoms with Crippen LogP contribution in [-0.2, 0) is 16.6 Å². The van der Waals surface area contributed by atoms with Crippen LogP contribution in [0, 0.1) is 0 Å². The lowest BCUT2D eigenvalue weighted by Gasteiger charge is -2.17. The number of anilines is 1. The molecule has 2 N–H and O–H groups in total. The van der Waals surface area contributed by atoms with Crippen LogP contribution in [0.25, 0.3) is 0 Å². The van der Waals surface area contributed by atoms with Gasteiger partial charge in [0.2, 0.25) is 10.0 Å². The fourth-order valence-electron chi connectivity index (χ4n) is 3.25. The zero-order chi connectivity index (χ0) is 20.1. The van der Waals surface area contributed by atoms with Crippen LogP contribution in [0.2, 0.25) is 0 Å². The first-order valence-electron chi connectivity index (χ1n) is 9.59. The van der Waals surface area contributed by atoms with Gasteiger partial charge in [0.05, 0.1) is 4.90 Å². The SMILES string of the molecule is CC(C)NS(=O)(=O)c1ccc(C(=O)NCc2ccc(N3CCCC3)cc2)cc1. The molecule has 1 aliphatic rings. The number of rotatable bonds is 7. The summed E-state index contributed by atoms with van der Waals surface area (Å²) in [6.45, 7) is 6.16. The molecule has 1 aliphatic heterocycles. The molecule has 0 unspecified atom stereocenters. The Labute approximate surface area is 167 Å². The highest BCUT2D eigenvalue weighted by Gasteiger charge is 2.16. The van der Waals surface area contributed by atoms with Crippen molar-refractivity contribution in [3.8, 4) is 0 Å². The minimum absolute atomic E-state index is 0.148. The third-order valence-corrected chi connectivity index (χ3v) is 6.35. The van der Waals surface area contributed by atoms with Gasteiger partial charge in [0.1, 0.15) is 0 Å². The summed E-state index contributed by atoms with van der Waals surface area (Å²) in [6, 6.07) is 14.0. The monoisotopic (exact) mass is 401 g/mol. The summed E-state index contributed by atoms with van der Waals surface area (Å²) in [5.74, 6) is -0.232. The van der Waals surface area contributed by atoms with Gasteiger partial charge in [-0.25, -0.2) is 13.1 Å². The van der Waals surface area contributed by atoms with Gasteiger partial charge in [-0.05, 0) is 68.7 Å². The number of nitrogens with zero attached hydrogens (tertiary/aromatic N) is 1. The number of hydrogen-bond donors (Lipinski definition) is 2. The van der Waals surface area contributed by atoms with Gasteiger partial charge in [0, 0.05) is 36.9 Å². The Kier molecular flexibility index (Phi) is 6.36. The molecule has 1 saturated heterocycles. The van der Waals surface area contributed by atoms with E-state index in [1.54, 1.807) is 13.8 Å². The van der Waals surface area contributed by atoms with Crippen molar-refractivity contribution in [2.24, 2.45) is 0 Å². The highest BCUT2D eigenvalue weighted by atomic mass is 32.2. The van der Waals surface area contributed by atoms with E-state index in [0.29, 0.717) is 12.1 Å². The van der Waals surface area contributed by atoms with Gasteiger partial charge in [-0.3, -0.25) is 4.79 Å². The van der Waals surface area contributed by atoms with Crippen molar-refractivity contribution in [1.29, 1.82) is 0 Å². The van der Waals surface area contributed by atoms with Gasteiger partial charge in [-0.15, -0.1) is 0 Å². The highest BCUT2D eigenvalue weighted by molar-refractivity contribution is 7.89. The van der Waals surface area contributed by atoms with Crippen LogP contribution in [0.5, 0.6) is 0 Å². The van der Waals surface area contributed by atoms with Crippen molar-refractivity contribution in [1.82, 2.24) is 10.0 Å². The number of sulfonamides is 1. The van der Waals surface area contributed by atoms with Crippen LogP contribution in [0.4, 0.5) is 5.69 Å². The van der Waals surface area contributed by atoms with Crippen LogP contribution in [-0.4, -0.2) is 33.5 Å². The summed E-state index contributed by atoms with van der Waals surface area (Å²) in [5.41, 5.74) is 2.67. The average molecular weight is 402 g/mol. The number of amides is 1. The maximum atomic E-state index is 12.3. The van der Waals surface area contributed by atoms with E-state index in [2.05, 4.69) is 27.1 Å². The molecule has 0 aliphatic carbocycles. The first-order valence-corrected chi connectivity index (χ1v) is 11.1. The van der Waals surface area contributed by atoms with Gasteiger partial charge in [0.25, 0.3) is 5.91 Å². The summed E-state index contributed by atoms with van der Waals surface area (Å²) >= 11 is 0. The van der Waals surface area contributed by atoms with Crippen molar-refractivity contribution in [3.05, 3.63) is 59.7 Å². The third-order valence-electron chi connectivity index (χ3n) is 4.68. The Bertz CT molecular complexity index is 901. The molecule has 0 radical (unpaired) electrons. The molecule has 1 amide bonds. The number of hydrogen-bond acceptors (Lipinski definition) is 4. The second-order valence-electron chi connectivity index (χ2n) is 7.34. The molecule has 0 aromatic heterocycles. The Hall–Kier alpha value is -2.38. The van der Waals surface area contributed by atoms with Crippen LogP contribution in [0.15, 0.2) is 53.4 Å². The fourth-order valence-corrected chi connectivity index (χ4v) is 4.50. The van der Waals surface area contributed by atoms with Gasteiger partial charge >= 0.3 is 0 Å². The Morgan fingerprint density at radius 2 is 1.61 bits per heavy atom. The third kappa shape index (κ3) is 5.11. The van der Waals surface area contributed by atoms with Gasteiger partial charge < -0.3 is 10.2 Å². The van der Waals surface area contributed by atoms with Crippen LogP contribution < -0.4 is 14.9 Å². The number of carbonyl (C=O) groups is 1. The minimum atomic E-state index is -3.55. The predicted octanol–water partition coefficient (Wildman–Crippen LogP) is 2.90. The lowest BCUT2D eigenvalue weighted by molar-refractivity contribution is 0.0951. The Morgan fingerprint density at radius 1 is 1.00 bits per heavy atom. The van der Waals surface area contributed by atoms with E-state index < -0.39 is 10.0 Å². The molecule has 0 bridgehead atoms. The van der Waals surface area contributed by atoms with Crippen molar-refractivity contribution in [3.63, 3.8) is 0 Å². The van der Waals surface area contributed by atoms with Crippen molar-refractivity contribution >= 4 is 21.6 Å². The molecule has 0 atom stereocenters. The van der Waals surface area contributed by atoms with Crippen LogP contribution in [0.3, 0.4) is 0 Å². The minimum Gasteiger partial charge on any atom is -0.372 e. The first-order chi connectivity index (χ1) is 13.3. The normalized spacial score (nSPS) is 14.5. The lowest BCUT2D eigenvalue weighted by Crippen LogP contribution is -2.30. The van der Waals surface area contributed by atoms with Gasteiger partial charge in [-0.2, -0.15) is 0 Å². The molecule has 1 fully saturated rings. The highest BCUT2D eigenvalue weighted by Crippen LogP contribution is 2.20. The lowest BCUT2D eigenvalue weighted by atomic mass is 10.1. The van der Waals surface area contributed by atoms with Crippen molar-refractivity contribution < 1.29 is 13.2 Å². The second-order valence-corrected chi connectivity index (χ2v) is 9.06. The van der Waals surface area contributed by atoms with Gasteiger partial charge in [-0.1, -0.05) is 12.1 Å². The molecular formula is C21H27N3O3S. The van der Waals surface area contributed by atoms with E-state index in [1.165, 1.54) is 42.8 Å². The van der Waals surface area contributed by atoms with E-state index in [1.807, 2.05) is 12.1 Å². The molecule has 7 heteroatoms. The summed E-state index contributed by atoms with van der Waals surface area (Å²) in [5, 5.41) is 2.88. The average Bonchev–Trinajstić information content (AvgIpc) is 3.20. The van der Waals surface area contributed by atoms with Crippen molar-refractivity contribution in [2.75, 3.05) is 18.0 Å². The fraction of sp³-hybridized carbons (Fsp3) is 0.381. The molecule has 150 valence electrons. The van der Waals surface area contributed by atoms with E-state index in [4.69, 9.17) is 0 Å². The molecule has 0 saturated carbocycles. The van der Waals surface area contributed by atoms with E-state index in [-0.39, 0.29) is 16.8 Å². The first kappa shape index (κ1) is 20.4. The maximum absolute atomic E-state index is 12.3. The second kappa shape index (κ2) is 8.75. The summed E-state index contributed by atoms with van der Waals surface area (Å²) in [6.07, 6.45) is 2.48. The van der Waals surface area contributed by atoms with Crippen LogP contribution in [0.1, 0.15) is 42.6 Å². The Morgan fingerprint density at radius 3 is 2.18 bits per heavy atom. The predicted molar refractivity (Wildman–Crippen MR) is 111 cm³/mol. The van der Waals surface area contributed by atoms with E-state index in [0.717, 1.165) is 18.7 Å². The number of benzene rings is 2. The van der Waals surface area contributed by atoms with Gasteiger partial charge in [0.15, 0.2) is 0 Å². The maximum Gasteiger partial charge on any atom is 0.251 e. The molecule has 28 heavy (non-hydrogen) atoms. The number of nitrogens with one attached hydrogen (secondary N) is 2. The zero-order valence-electron chi connectivity index (χ0n) is 16.3. The topological polar surface area (TPSA) is 78.5 Å². The largest absolute Gasteiger partial charge is 0.372 e. The molecule has 2 aromatic rings.